The number of carbonyl (C=O) groups is 1. The highest BCUT2D eigenvalue weighted by Gasteiger charge is 2.35. The highest BCUT2D eigenvalue weighted by molar-refractivity contribution is 6.04. The highest BCUT2D eigenvalue weighted by atomic mass is 16.5. The zero-order valence-electron chi connectivity index (χ0n) is 19.9. The van der Waals surface area contributed by atoms with Gasteiger partial charge in [-0.3, -0.25) is 4.79 Å². The average molecular weight is 437 g/mol. The molecular weight excluding hydrogens is 404 g/mol. The molecule has 0 saturated heterocycles. The number of hydrogen-bond acceptors (Lipinski definition) is 2. The van der Waals surface area contributed by atoms with Gasteiger partial charge in [0.25, 0.3) is 0 Å². The normalized spacial score (nSPS) is 21.7. The van der Waals surface area contributed by atoms with E-state index in [1.165, 1.54) is 16.7 Å². The van der Waals surface area contributed by atoms with Crippen molar-refractivity contribution in [2.75, 3.05) is 7.11 Å². The van der Waals surface area contributed by atoms with Crippen molar-refractivity contribution in [3.05, 3.63) is 107 Å². The molecule has 2 nitrogen and oxygen atoms in total. The number of methoxy groups -OCH3 is 1. The van der Waals surface area contributed by atoms with Gasteiger partial charge in [0.1, 0.15) is 5.75 Å². The molecule has 33 heavy (non-hydrogen) atoms. The Morgan fingerprint density at radius 1 is 1.03 bits per heavy atom. The first-order valence-corrected chi connectivity index (χ1v) is 11.8. The molecule has 0 amide bonds. The van der Waals surface area contributed by atoms with Gasteiger partial charge < -0.3 is 4.74 Å². The monoisotopic (exact) mass is 436 g/mol. The van der Waals surface area contributed by atoms with Crippen molar-refractivity contribution in [2.45, 2.75) is 51.9 Å². The molecule has 2 aromatic rings. The summed E-state index contributed by atoms with van der Waals surface area (Å²) in [5, 5.41) is 0. The van der Waals surface area contributed by atoms with E-state index in [0.717, 1.165) is 49.0 Å². The Balaban J connectivity index is 1.75. The van der Waals surface area contributed by atoms with E-state index >= 15 is 0 Å². The van der Waals surface area contributed by atoms with Crippen LogP contribution in [-0.4, -0.2) is 12.9 Å². The predicted octanol–water partition coefficient (Wildman–Crippen LogP) is 7.44. The van der Waals surface area contributed by atoms with Crippen LogP contribution in [0.2, 0.25) is 0 Å². The SMILES string of the molecule is COc1ccc(/C2=C\C=C(\C(=O)C(C3=CC=CCC3)c3cc#ccc3)C(C)(C)CCC2)cc1. The van der Waals surface area contributed by atoms with Crippen LogP contribution in [0.3, 0.4) is 0 Å². The number of Topliss-reactive ketones (excluding diaryl/α,β-unsaturated/α-hetero) is 1. The summed E-state index contributed by atoms with van der Waals surface area (Å²) >= 11 is 0. The van der Waals surface area contributed by atoms with E-state index in [2.05, 4.69) is 68.5 Å². The van der Waals surface area contributed by atoms with Crippen LogP contribution >= 0.6 is 0 Å². The zero-order valence-corrected chi connectivity index (χ0v) is 19.9. The maximum absolute atomic E-state index is 14.2. The van der Waals surface area contributed by atoms with Gasteiger partial charge in [0, 0.05) is 5.57 Å². The molecule has 2 aromatic carbocycles. The third-order valence-corrected chi connectivity index (χ3v) is 6.85. The van der Waals surface area contributed by atoms with E-state index in [0.29, 0.717) is 0 Å². The Bertz CT molecular complexity index is 1100. The van der Waals surface area contributed by atoms with Crippen LogP contribution in [0.5, 0.6) is 5.75 Å². The van der Waals surface area contributed by atoms with Crippen molar-refractivity contribution in [2.24, 2.45) is 5.41 Å². The molecule has 0 fully saturated rings. The first-order valence-electron chi connectivity index (χ1n) is 11.8. The minimum Gasteiger partial charge on any atom is -0.497 e. The van der Waals surface area contributed by atoms with Gasteiger partial charge in [-0.05, 0) is 84.6 Å². The van der Waals surface area contributed by atoms with Crippen LogP contribution in [0.15, 0.2) is 84.0 Å². The number of hydrogen-bond donors (Lipinski definition) is 0. The lowest BCUT2D eigenvalue weighted by molar-refractivity contribution is -0.117. The molecule has 2 aliphatic rings. The lowest BCUT2D eigenvalue weighted by Gasteiger charge is -2.32. The molecule has 1 atom stereocenters. The highest BCUT2D eigenvalue weighted by Crippen LogP contribution is 2.42. The molecule has 0 aromatic heterocycles. The molecule has 0 N–H and O–H groups in total. The molecule has 168 valence electrons. The van der Waals surface area contributed by atoms with Crippen LogP contribution in [0.25, 0.3) is 5.57 Å². The number of allylic oxidation sites excluding steroid dienone is 8. The van der Waals surface area contributed by atoms with E-state index < -0.39 is 0 Å². The van der Waals surface area contributed by atoms with Crippen molar-refractivity contribution >= 4 is 11.4 Å². The van der Waals surface area contributed by atoms with Gasteiger partial charge in [-0.25, -0.2) is 0 Å². The summed E-state index contributed by atoms with van der Waals surface area (Å²) in [6, 6.07) is 20.0. The average Bonchev–Trinajstić information content (AvgIpc) is 2.83. The van der Waals surface area contributed by atoms with E-state index in [1.807, 2.05) is 30.3 Å². The van der Waals surface area contributed by atoms with Crippen molar-refractivity contribution in [3.8, 4) is 5.75 Å². The fraction of sp³-hybridized carbons (Fsp3) is 0.323. The fourth-order valence-electron chi connectivity index (χ4n) is 4.90. The van der Waals surface area contributed by atoms with Gasteiger partial charge in [-0.2, -0.15) is 0 Å². The zero-order chi connectivity index (χ0) is 23.3. The predicted molar refractivity (Wildman–Crippen MR) is 135 cm³/mol. The van der Waals surface area contributed by atoms with Crippen LogP contribution in [0, 0.1) is 17.5 Å². The maximum atomic E-state index is 14.2. The van der Waals surface area contributed by atoms with Crippen LogP contribution in [-0.2, 0) is 4.79 Å². The van der Waals surface area contributed by atoms with E-state index in [1.54, 1.807) is 7.11 Å². The molecule has 4 rings (SSSR count). The number of benzene rings is 1. The first kappa shape index (κ1) is 22.9. The molecule has 2 heteroatoms. The Morgan fingerprint density at radius 2 is 1.85 bits per heavy atom. The van der Waals surface area contributed by atoms with Crippen LogP contribution < -0.4 is 4.74 Å². The van der Waals surface area contributed by atoms with E-state index in [-0.39, 0.29) is 17.1 Å². The van der Waals surface area contributed by atoms with Crippen molar-refractivity contribution in [1.82, 2.24) is 0 Å². The Morgan fingerprint density at radius 3 is 2.52 bits per heavy atom. The largest absolute Gasteiger partial charge is 0.497 e. The summed E-state index contributed by atoms with van der Waals surface area (Å²) < 4.78 is 5.31. The maximum Gasteiger partial charge on any atom is 0.170 e. The summed E-state index contributed by atoms with van der Waals surface area (Å²) in [4.78, 5) is 14.2. The third-order valence-electron chi connectivity index (χ3n) is 6.85. The third kappa shape index (κ3) is 5.20. The van der Waals surface area contributed by atoms with Crippen molar-refractivity contribution in [1.29, 1.82) is 0 Å². The summed E-state index contributed by atoms with van der Waals surface area (Å²) in [7, 11) is 1.68. The minimum absolute atomic E-state index is 0.188. The van der Waals surface area contributed by atoms with Crippen molar-refractivity contribution in [3.63, 3.8) is 0 Å². The summed E-state index contributed by atoms with van der Waals surface area (Å²) in [5.74, 6) is 0.782. The Hall–Kier alpha value is -3.31. The van der Waals surface area contributed by atoms with Gasteiger partial charge in [0.15, 0.2) is 5.78 Å². The quantitative estimate of drug-likeness (QED) is 0.470. The summed E-state index contributed by atoms with van der Waals surface area (Å²) in [5.41, 5.74) is 5.34. The lowest BCUT2D eigenvalue weighted by atomic mass is 9.70. The molecule has 0 bridgehead atoms. The summed E-state index contributed by atoms with van der Waals surface area (Å²) in [6.07, 6.45) is 15.5. The van der Waals surface area contributed by atoms with Crippen molar-refractivity contribution < 1.29 is 9.53 Å². The topological polar surface area (TPSA) is 26.3 Å². The molecule has 0 heterocycles. The molecule has 1 unspecified atom stereocenters. The molecule has 0 spiro atoms. The van der Waals surface area contributed by atoms with Gasteiger partial charge >= 0.3 is 0 Å². The van der Waals surface area contributed by atoms with Crippen LogP contribution in [0.1, 0.15) is 63.0 Å². The molecule has 0 saturated carbocycles. The second-order valence-electron chi connectivity index (χ2n) is 9.51. The van der Waals surface area contributed by atoms with Gasteiger partial charge in [0.2, 0.25) is 0 Å². The number of carbonyl (C=O) groups excluding carboxylic acids is 1. The fourth-order valence-corrected chi connectivity index (χ4v) is 4.90. The summed E-state index contributed by atoms with van der Waals surface area (Å²) in [6.45, 7) is 4.42. The number of rotatable bonds is 6. The van der Waals surface area contributed by atoms with Gasteiger partial charge in [-0.15, -0.1) is 0 Å². The van der Waals surface area contributed by atoms with E-state index in [9.17, 15) is 4.79 Å². The lowest BCUT2D eigenvalue weighted by Crippen LogP contribution is -2.27. The van der Waals surface area contributed by atoms with E-state index in [4.69, 9.17) is 4.74 Å². The van der Waals surface area contributed by atoms with Crippen LogP contribution in [0.4, 0.5) is 0 Å². The molecule has 0 radical (unpaired) electrons. The minimum atomic E-state index is -0.274. The Labute approximate surface area is 198 Å². The number of ether oxygens (including phenoxy) is 1. The molecule has 0 aliphatic heterocycles. The second kappa shape index (κ2) is 10.1. The smallest absolute Gasteiger partial charge is 0.170 e. The van der Waals surface area contributed by atoms with Gasteiger partial charge in [0.05, 0.1) is 13.0 Å². The number of ketones is 1. The molecular formula is C31H32O2. The molecule has 2 aliphatic carbocycles. The Kier molecular flexibility index (Phi) is 6.99. The van der Waals surface area contributed by atoms with Gasteiger partial charge in [-0.1, -0.05) is 74.1 Å². The second-order valence-corrected chi connectivity index (χ2v) is 9.51. The standard InChI is InChI=1S/C31H32O2/c1-31(2)22-10-15-23(24-16-19-27(33-3)20-17-24)18-21-28(31)30(32)29(25-11-6-4-7-12-25)26-13-8-5-9-14-26/h4,6,8,11,13-14,16-21,29H,7,10,12,15,22H2,1-3H3/b23-18-,28-21-. The first-order chi connectivity index (χ1) is 16.0.